The number of rotatable bonds is 6. The van der Waals surface area contributed by atoms with Crippen molar-refractivity contribution in [2.45, 2.75) is 25.4 Å². The van der Waals surface area contributed by atoms with Crippen molar-refractivity contribution in [3.63, 3.8) is 0 Å². The molecule has 2 aliphatic heterocycles. The van der Waals surface area contributed by atoms with Crippen molar-refractivity contribution in [2.75, 3.05) is 37.6 Å². The van der Waals surface area contributed by atoms with Gasteiger partial charge in [0.1, 0.15) is 0 Å². The van der Waals surface area contributed by atoms with Crippen LogP contribution in [0.1, 0.15) is 45.7 Å². The molecule has 1 aromatic heterocycles. The Hall–Kier alpha value is -3.43. The molecule has 1 fully saturated rings. The number of alkyl halides is 3. The molecule has 1 aliphatic carbocycles. The van der Waals surface area contributed by atoms with Crippen LogP contribution in [0.25, 0.3) is 0 Å². The second kappa shape index (κ2) is 8.73. The molecule has 0 radical (unpaired) electrons. The first-order chi connectivity index (χ1) is 16.3. The predicted molar refractivity (Wildman–Crippen MR) is 118 cm³/mol. The van der Waals surface area contributed by atoms with E-state index in [1.807, 2.05) is 4.90 Å². The summed E-state index contributed by atoms with van der Waals surface area (Å²) in [4.78, 5) is 28.5. The first-order valence-electron chi connectivity index (χ1n) is 11.3. The van der Waals surface area contributed by atoms with E-state index in [4.69, 9.17) is 0 Å². The van der Waals surface area contributed by atoms with Crippen molar-refractivity contribution in [1.82, 2.24) is 20.4 Å². The number of nitrogens with one attached hydrogen (secondary N) is 1. The summed E-state index contributed by atoms with van der Waals surface area (Å²) >= 11 is 0. The third-order valence-corrected chi connectivity index (χ3v) is 6.52. The summed E-state index contributed by atoms with van der Waals surface area (Å²) in [6.07, 6.45) is -1.11. The molecule has 10 heteroatoms. The van der Waals surface area contributed by atoms with Gasteiger partial charge in [-0.15, -0.1) is 10.2 Å². The van der Waals surface area contributed by atoms with Crippen LogP contribution in [-0.2, 0) is 6.18 Å². The highest BCUT2D eigenvalue weighted by Crippen LogP contribution is 2.34. The normalized spacial score (nSPS) is 17.9. The van der Waals surface area contributed by atoms with Crippen LogP contribution in [0, 0.1) is 5.92 Å². The SMILES string of the molecule is O=C(NCCC1CC1)c1ccc(N2CC3=C(CN(C(=O)c4ccccc4C(F)(F)F)C3)C2)nn1. The van der Waals surface area contributed by atoms with Gasteiger partial charge >= 0.3 is 6.18 Å². The van der Waals surface area contributed by atoms with Crippen molar-refractivity contribution < 1.29 is 22.8 Å². The molecule has 1 aromatic carbocycles. The molecule has 0 spiro atoms. The van der Waals surface area contributed by atoms with Crippen molar-refractivity contribution in [3.8, 4) is 0 Å². The summed E-state index contributed by atoms with van der Waals surface area (Å²) < 4.78 is 39.9. The van der Waals surface area contributed by atoms with Crippen LogP contribution in [0.2, 0.25) is 0 Å². The molecule has 34 heavy (non-hydrogen) atoms. The van der Waals surface area contributed by atoms with Crippen LogP contribution in [0.5, 0.6) is 0 Å². The smallest absolute Gasteiger partial charge is 0.351 e. The van der Waals surface area contributed by atoms with Crippen LogP contribution in [0.15, 0.2) is 47.5 Å². The summed E-state index contributed by atoms with van der Waals surface area (Å²) in [6, 6.07) is 8.26. The molecule has 0 saturated heterocycles. The van der Waals surface area contributed by atoms with E-state index < -0.39 is 17.6 Å². The maximum Gasteiger partial charge on any atom is 0.417 e. The van der Waals surface area contributed by atoms with Crippen LogP contribution in [0.4, 0.5) is 19.0 Å². The molecule has 2 amide bonds. The number of nitrogens with zero attached hydrogens (tertiary/aromatic N) is 4. The maximum absolute atomic E-state index is 13.3. The largest absolute Gasteiger partial charge is 0.417 e. The first kappa shape index (κ1) is 22.4. The molecule has 178 valence electrons. The Morgan fingerprint density at radius 3 is 2.29 bits per heavy atom. The molecule has 7 nitrogen and oxygen atoms in total. The fourth-order valence-corrected chi connectivity index (χ4v) is 4.48. The van der Waals surface area contributed by atoms with Gasteiger partial charge in [0.2, 0.25) is 0 Å². The summed E-state index contributed by atoms with van der Waals surface area (Å²) in [7, 11) is 0. The molecule has 0 unspecified atom stereocenters. The standard InChI is InChI=1S/C24H24F3N5O2/c25-24(26,27)19-4-2-1-3-18(19)23(34)32-13-16-11-31(12-17(16)14-32)21-8-7-20(29-30-21)22(33)28-10-9-15-5-6-15/h1-4,7-8,15H,5-6,9-14H2,(H,28,33). The molecular formula is C24H24F3N5O2. The van der Waals surface area contributed by atoms with Crippen molar-refractivity contribution in [3.05, 3.63) is 64.4 Å². The summed E-state index contributed by atoms with van der Waals surface area (Å²) in [5.74, 6) is 0.494. The minimum Gasteiger partial charge on any atom is -0.351 e. The van der Waals surface area contributed by atoms with Gasteiger partial charge in [0.05, 0.1) is 11.1 Å². The summed E-state index contributed by atoms with van der Waals surface area (Å²) in [6.45, 7) is 2.24. The lowest BCUT2D eigenvalue weighted by molar-refractivity contribution is -0.138. The molecule has 1 saturated carbocycles. The lowest BCUT2D eigenvalue weighted by atomic mass is 10.1. The number of amides is 2. The van der Waals surface area contributed by atoms with E-state index in [0.717, 1.165) is 29.6 Å². The quantitative estimate of drug-likeness (QED) is 0.655. The van der Waals surface area contributed by atoms with Gasteiger partial charge < -0.3 is 15.1 Å². The zero-order chi connectivity index (χ0) is 23.9. The third kappa shape index (κ3) is 4.62. The maximum atomic E-state index is 13.3. The molecule has 3 aliphatic rings. The zero-order valence-corrected chi connectivity index (χ0v) is 18.4. The Labute approximate surface area is 194 Å². The Morgan fingerprint density at radius 2 is 1.68 bits per heavy atom. The van der Waals surface area contributed by atoms with Crippen molar-refractivity contribution >= 4 is 17.6 Å². The fraction of sp³-hybridized carbons (Fsp3) is 0.417. The van der Waals surface area contributed by atoms with Gasteiger partial charge in [0.25, 0.3) is 11.8 Å². The van der Waals surface area contributed by atoms with E-state index in [-0.39, 0.29) is 30.3 Å². The van der Waals surface area contributed by atoms with Crippen LogP contribution < -0.4 is 10.2 Å². The topological polar surface area (TPSA) is 78.4 Å². The fourth-order valence-electron chi connectivity index (χ4n) is 4.48. The van der Waals surface area contributed by atoms with Gasteiger partial charge in [0.15, 0.2) is 11.5 Å². The van der Waals surface area contributed by atoms with E-state index in [2.05, 4.69) is 15.5 Å². The average molecular weight is 471 g/mol. The molecule has 1 N–H and O–H groups in total. The monoisotopic (exact) mass is 471 g/mol. The Kier molecular flexibility index (Phi) is 5.75. The molecule has 2 aromatic rings. The summed E-state index contributed by atoms with van der Waals surface area (Å²) in [5, 5.41) is 11.1. The number of hydrogen-bond donors (Lipinski definition) is 1. The zero-order valence-electron chi connectivity index (χ0n) is 18.4. The minimum atomic E-state index is -4.59. The molecule has 3 heterocycles. The van der Waals surface area contributed by atoms with Gasteiger partial charge in [0, 0.05) is 32.7 Å². The molecular weight excluding hydrogens is 447 g/mol. The number of carbonyl (C=O) groups excluding carboxylic acids is 2. The lowest BCUT2D eigenvalue weighted by Gasteiger charge is -2.24. The van der Waals surface area contributed by atoms with E-state index in [1.165, 1.54) is 35.9 Å². The number of anilines is 1. The minimum absolute atomic E-state index is 0.241. The van der Waals surface area contributed by atoms with Gasteiger partial charge in [-0.05, 0) is 47.8 Å². The second-order valence-electron chi connectivity index (χ2n) is 9.03. The van der Waals surface area contributed by atoms with Crippen LogP contribution in [-0.4, -0.2) is 59.6 Å². The van der Waals surface area contributed by atoms with Crippen LogP contribution in [0.3, 0.4) is 0 Å². The average Bonchev–Trinajstić information content (AvgIpc) is 3.43. The van der Waals surface area contributed by atoms with Crippen molar-refractivity contribution in [2.24, 2.45) is 5.92 Å². The Bertz CT molecular complexity index is 1120. The Balaban J connectivity index is 1.17. The number of aromatic nitrogens is 2. The lowest BCUT2D eigenvalue weighted by Crippen LogP contribution is -2.35. The highest BCUT2D eigenvalue weighted by Gasteiger charge is 2.38. The summed E-state index contributed by atoms with van der Waals surface area (Å²) in [5.41, 5.74) is 1.02. The van der Waals surface area contributed by atoms with E-state index >= 15 is 0 Å². The van der Waals surface area contributed by atoms with Gasteiger partial charge in [-0.2, -0.15) is 13.2 Å². The number of hydrogen-bond acceptors (Lipinski definition) is 5. The van der Waals surface area contributed by atoms with Crippen LogP contribution >= 0.6 is 0 Å². The van der Waals surface area contributed by atoms with Gasteiger partial charge in [-0.3, -0.25) is 9.59 Å². The molecule has 5 rings (SSSR count). The molecule has 0 atom stereocenters. The Morgan fingerprint density at radius 1 is 0.971 bits per heavy atom. The van der Waals surface area contributed by atoms with Crippen molar-refractivity contribution in [1.29, 1.82) is 0 Å². The number of benzene rings is 1. The highest BCUT2D eigenvalue weighted by atomic mass is 19.4. The first-order valence-corrected chi connectivity index (χ1v) is 11.3. The van der Waals surface area contributed by atoms with E-state index in [0.29, 0.717) is 25.5 Å². The second-order valence-corrected chi connectivity index (χ2v) is 9.03. The highest BCUT2D eigenvalue weighted by molar-refractivity contribution is 5.96. The van der Waals surface area contributed by atoms with Gasteiger partial charge in [-0.25, -0.2) is 0 Å². The number of carbonyl (C=O) groups is 2. The van der Waals surface area contributed by atoms with E-state index in [1.54, 1.807) is 12.1 Å². The number of halogens is 3. The van der Waals surface area contributed by atoms with Gasteiger partial charge in [-0.1, -0.05) is 25.0 Å². The predicted octanol–water partition coefficient (Wildman–Crippen LogP) is 3.30. The third-order valence-electron chi connectivity index (χ3n) is 6.52. The van der Waals surface area contributed by atoms with E-state index in [9.17, 15) is 22.8 Å². The molecule has 0 bridgehead atoms.